The predicted octanol–water partition coefficient (Wildman–Crippen LogP) is 8.89. The third-order valence-corrected chi connectivity index (χ3v) is 12.8. The first-order chi connectivity index (χ1) is 31.5. The van der Waals surface area contributed by atoms with Crippen LogP contribution in [0.2, 0.25) is 0 Å². The van der Waals surface area contributed by atoms with Crippen LogP contribution >= 0.6 is 0 Å². The summed E-state index contributed by atoms with van der Waals surface area (Å²) in [6.07, 6.45) is -1.33. The Balaban J connectivity index is 1.24. The Morgan fingerprint density at radius 1 is 0.785 bits per heavy atom. The maximum Gasteiger partial charge on any atom is 0.265 e. The predicted molar refractivity (Wildman–Crippen MR) is 239 cm³/mol. The minimum Gasteiger partial charge on any atom is -0.508 e. The van der Waals surface area contributed by atoms with Gasteiger partial charge in [0, 0.05) is 44.4 Å². The van der Waals surface area contributed by atoms with E-state index in [0.29, 0.717) is 0 Å². The number of rotatable bonds is 15. The number of anilines is 1. The van der Waals surface area contributed by atoms with Crippen LogP contribution in [0.15, 0.2) is 137 Å². The van der Waals surface area contributed by atoms with Gasteiger partial charge in [0.25, 0.3) is 5.88 Å². The van der Waals surface area contributed by atoms with Gasteiger partial charge in [-0.1, -0.05) is 121 Å². The van der Waals surface area contributed by atoms with Gasteiger partial charge < -0.3 is 38.6 Å². The number of carbonyl (C=O) groups excluding carboxylic acids is 2. The first-order valence-electron chi connectivity index (χ1n) is 21.6. The van der Waals surface area contributed by atoms with E-state index in [0.717, 1.165) is 22.3 Å². The number of methoxy groups -OCH3 is 2. The molecule has 0 fully saturated rings. The fraction of sp³-hybridized carbons (Fsp3) is 0.288. The highest BCUT2D eigenvalue weighted by Gasteiger charge is 2.64. The number of ketones is 2. The van der Waals surface area contributed by atoms with Gasteiger partial charge in [-0.15, -0.1) is 0 Å². The van der Waals surface area contributed by atoms with Gasteiger partial charge in [-0.2, -0.15) is 0 Å². The molecule has 3 aliphatic carbocycles. The maximum absolute atomic E-state index is 18.1. The van der Waals surface area contributed by atoms with Gasteiger partial charge in [0.1, 0.15) is 30.4 Å². The molecule has 1 aromatic heterocycles. The lowest BCUT2D eigenvalue weighted by atomic mass is 9.58. The van der Waals surface area contributed by atoms with Gasteiger partial charge in [0.15, 0.2) is 29.2 Å². The van der Waals surface area contributed by atoms with Crippen molar-refractivity contribution in [3.05, 3.63) is 189 Å². The van der Waals surface area contributed by atoms with Crippen molar-refractivity contribution >= 4 is 17.3 Å². The zero-order valence-electron chi connectivity index (χ0n) is 36.6. The van der Waals surface area contributed by atoms with Gasteiger partial charge in [-0.05, 0) is 60.3 Å². The average molecular weight is 880 g/mol. The minimum absolute atomic E-state index is 0.00113. The van der Waals surface area contributed by atoms with Gasteiger partial charge in [-0.25, -0.2) is 4.39 Å². The molecule has 65 heavy (non-hydrogen) atoms. The largest absolute Gasteiger partial charge is 0.508 e. The summed E-state index contributed by atoms with van der Waals surface area (Å²) in [5.41, 5.74) is 0.625. The molecular formula is C52H50FN3O9. The van der Waals surface area contributed by atoms with Crippen molar-refractivity contribution in [3.8, 4) is 11.6 Å². The standard InChI is InChI=1S/C52H50FN3O9/c1-55(2)43-37-26-35-25-36-39(45(57)38(35)48(58)52(37,60)49(59)41-47(43)65-54-50(41)64-30-34-23-15-8-16-24-34)46(63-29-33-21-13-7-14-22-33)44(40(42(36)53)51(61-3)62-4)56(27-31-17-9-5-10-18-31)28-32-19-11-6-12-20-32/h5-24,35,37,43,51,58,60H,25-30H2,1-4H3/t35-,37-,43-,52-/m0/s1. The van der Waals surface area contributed by atoms with Gasteiger partial charge in [0.05, 0.1) is 22.9 Å². The number of Topliss-reactive ketones (excluding diaryl/α,β-unsaturated/α-hetero) is 2. The summed E-state index contributed by atoms with van der Waals surface area (Å²) < 4.78 is 48.4. The molecule has 13 heteroatoms. The molecule has 0 bridgehead atoms. The molecule has 12 nitrogen and oxygen atoms in total. The number of halogens is 1. The lowest BCUT2D eigenvalue weighted by molar-refractivity contribution is -0.107. The van der Waals surface area contributed by atoms with Crippen LogP contribution in [0.3, 0.4) is 0 Å². The third kappa shape index (κ3) is 7.78. The Hall–Kier alpha value is -6.64. The van der Waals surface area contributed by atoms with Crippen molar-refractivity contribution in [2.24, 2.45) is 11.8 Å². The van der Waals surface area contributed by atoms with Crippen LogP contribution in [0, 0.1) is 17.7 Å². The van der Waals surface area contributed by atoms with Crippen molar-refractivity contribution in [3.63, 3.8) is 0 Å². The zero-order chi connectivity index (χ0) is 45.4. The molecule has 0 aliphatic heterocycles. The molecule has 0 unspecified atom stereocenters. The molecule has 0 saturated heterocycles. The highest BCUT2D eigenvalue weighted by atomic mass is 19.1. The Labute approximate surface area is 376 Å². The Morgan fingerprint density at radius 2 is 1.31 bits per heavy atom. The molecule has 1 heterocycles. The summed E-state index contributed by atoms with van der Waals surface area (Å²) in [6.45, 7) is 0.543. The highest BCUT2D eigenvalue weighted by molar-refractivity contribution is 6.17. The second-order valence-electron chi connectivity index (χ2n) is 17.0. The summed E-state index contributed by atoms with van der Waals surface area (Å²) in [4.78, 5) is 34.1. The van der Waals surface area contributed by atoms with Gasteiger partial charge >= 0.3 is 0 Å². The van der Waals surface area contributed by atoms with E-state index < -0.39 is 52.9 Å². The molecule has 3 aliphatic rings. The molecule has 9 rings (SSSR count). The first-order valence-corrected chi connectivity index (χ1v) is 21.6. The van der Waals surface area contributed by atoms with Gasteiger partial charge in [0.2, 0.25) is 5.78 Å². The average Bonchev–Trinajstić information content (AvgIpc) is 3.74. The van der Waals surface area contributed by atoms with Crippen LogP contribution in [-0.2, 0) is 42.2 Å². The van der Waals surface area contributed by atoms with Crippen molar-refractivity contribution in [2.45, 2.75) is 57.1 Å². The van der Waals surface area contributed by atoms with Crippen LogP contribution < -0.4 is 14.4 Å². The fourth-order valence-electron chi connectivity index (χ4n) is 9.89. The van der Waals surface area contributed by atoms with E-state index in [1.54, 1.807) is 19.0 Å². The number of benzene rings is 5. The molecular weight excluding hydrogens is 830 g/mol. The van der Waals surface area contributed by atoms with E-state index >= 15 is 9.18 Å². The van der Waals surface area contributed by atoms with Crippen LogP contribution in [-0.4, -0.2) is 65.8 Å². The van der Waals surface area contributed by atoms with Crippen LogP contribution in [0.5, 0.6) is 11.6 Å². The van der Waals surface area contributed by atoms with Crippen LogP contribution in [0.1, 0.15) is 78.6 Å². The van der Waals surface area contributed by atoms with E-state index in [-0.39, 0.29) is 90.0 Å². The molecule has 2 N–H and O–H groups in total. The van der Waals surface area contributed by atoms with E-state index in [9.17, 15) is 15.0 Å². The number of hydrogen-bond donors (Lipinski definition) is 2. The number of hydrogen-bond acceptors (Lipinski definition) is 12. The summed E-state index contributed by atoms with van der Waals surface area (Å²) in [5, 5.41) is 29.5. The monoisotopic (exact) mass is 879 g/mol. The quantitative estimate of drug-likeness (QED) is 0.0951. The normalized spacial score (nSPS) is 20.0. The van der Waals surface area contributed by atoms with E-state index in [2.05, 4.69) is 5.16 Å². The van der Waals surface area contributed by atoms with Crippen LogP contribution in [0.4, 0.5) is 10.1 Å². The number of aliphatic hydroxyl groups excluding tert-OH is 1. The summed E-state index contributed by atoms with van der Waals surface area (Å²) in [7, 11) is 6.35. The molecule has 0 amide bonds. The third-order valence-electron chi connectivity index (χ3n) is 12.8. The number of carbonyl (C=O) groups is 2. The second-order valence-corrected chi connectivity index (χ2v) is 17.0. The zero-order valence-corrected chi connectivity index (χ0v) is 36.6. The topological polar surface area (TPSA) is 144 Å². The highest BCUT2D eigenvalue weighted by Crippen LogP contribution is 2.58. The SMILES string of the molecule is COC(OC)c1c(F)c2c(c(OCc3ccccc3)c1N(Cc1ccccc1)Cc1ccccc1)C(=O)C1=C(O)[C@]3(O)C(=O)c4c(OCc5ccccc5)noc4[C@@H](N(C)C)[C@@H]3C[C@@H]1C2. The number of allylic oxidation sites excluding steroid dienone is 1. The lowest BCUT2D eigenvalue weighted by Crippen LogP contribution is -2.59. The van der Waals surface area contributed by atoms with E-state index in [1.807, 2.05) is 126 Å². The molecule has 5 aromatic carbocycles. The smallest absolute Gasteiger partial charge is 0.265 e. The van der Waals surface area contributed by atoms with E-state index in [4.69, 9.17) is 23.5 Å². The lowest BCUT2D eigenvalue weighted by Gasteiger charge is -2.49. The van der Waals surface area contributed by atoms with Crippen molar-refractivity contribution in [1.29, 1.82) is 0 Å². The second kappa shape index (κ2) is 18.1. The number of aliphatic hydroxyl groups is 2. The Bertz CT molecular complexity index is 2680. The molecule has 0 radical (unpaired) electrons. The fourth-order valence-corrected chi connectivity index (χ4v) is 9.89. The molecule has 4 atom stereocenters. The first kappa shape index (κ1) is 43.6. The molecule has 6 aromatic rings. The van der Waals surface area contributed by atoms with Crippen molar-refractivity contribution < 1.29 is 47.7 Å². The molecule has 0 saturated carbocycles. The van der Waals surface area contributed by atoms with Crippen molar-refractivity contribution in [2.75, 3.05) is 33.2 Å². The number of fused-ring (bicyclic) bond motifs is 4. The Kier molecular flexibility index (Phi) is 12.1. The maximum atomic E-state index is 18.1. The summed E-state index contributed by atoms with van der Waals surface area (Å²) in [6, 6.07) is 37.2. The van der Waals surface area contributed by atoms with Crippen LogP contribution in [0.25, 0.3) is 0 Å². The van der Waals surface area contributed by atoms with E-state index in [1.165, 1.54) is 14.2 Å². The molecule has 0 spiro atoms. The number of nitrogens with zero attached hydrogens (tertiary/aromatic N) is 3. The van der Waals surface area contributed by atoms with Gasteiger partial charge in [-0.3, -0.25) is 14.5 Å². The summed E-state index contributed by atoms with van der Waals surface area (Å²) >= 11 is 0. The Morgan fingerprint density at radius 3 is 1.83 bits per heavy atom. The number of ether oxygens (including phenoxy) is 4. The minimum atomic E-state index is -2.60. The van der Waals surface area contributed by atoms with Crippen molar-refractivity contribution in [1.82, 2.24) is 10.1 Å². The summed E-state index contributed by atoms with van der Waals surface area (Å²) in [5.74, 6) is -5.03. The number of aromatic nitrogens is 1. The molecule has 334 valence electrons.